The van der Waals surface area contributed by atoms with E-state index in [4.69, 9.17) is 0 Å². The molecule has 7 nitrogen and oxygen atoms in total. The fourth-order valence-corrected chi connectivity index (χ4v) is 4.52. The molecule has 4 rings (SSSR count). The van der Waals surface area contributed by atoms with Crippen LogP contribution in [-0.2, 0) is 11.3 Å². The van der Waals surface area contributed by atoms with Crippen molar-refractivity contribution >= 4 is 46.9 Å². The lowest BCUT2D eigenvalue weighted by Gasteiger charge is -2.40. The molecule has 3 heterocycles. The van der Waals surface area contributed by atoms with E-state index in [9.17, 15) is 4.79 Å². The number of aromatic nitrogens is 2. The average Bonchev–Trinajstić information content (AvgIpc) is 3.18. The number of imidazole rings is 1. The van der Waals surface area contributed by atoms with Crippen molar-refractivity contribution in [1.29, 1.82) is 0 Å². The number of fused-ring (bicyclic) bond motifs is 1. The first-order valence-electron chi connectivity index (χ1n) is 9.74. The Kier molecular flexibility index (Phi) is 6.47. The number of carbonyl (C=O) groups is 1. The summed E-state index contributed by atoms with van der Waals surface area (Å²) in [7, 11) is 1.83. The van der Waals surface area contributed by atoms with Gasteiger partial charge in [-0.25, -0.2) is 4.98 Å². The van der Waals surface area contributed by atoms with E-state index in [0.717, 1.165) is 62.9 Å². The second-order valence-electron chi connectivity index (χ2n) is 7.75. The zero-order chi connectivity index (χ0) is 18.9. The van der Waals surface area contributed by atoms with Gasteiger partial charge in [-0.3, -0.25) is 9.79 Å². The fraction of sp³-hybridized carbons (Fsp3) is 0.550. The normalized spacial score (nSPS) is 22.4. The molecule has 1 aromatic heterocycles. The highest BCUT2D eigenvalue weighted by Crippen LogP contribution is 2.35. The number of carbonyl (C=O) groups excluding carboxylic acids is 1. The number of para-hydroxylation sites is 2. The highest BCUT2D eigenvalue weighted by Gasteiger charge is 2.42. The molecule has 2 aliphatic heterocycles. The molecule has 1 unspecified atom stereocenters. The predicted octanol–water partition coefficient (Wildman–Crippen LogP) is 2.14. The third-order valence-electron chi connectivity index (χ3n) is 5.83. The van der Waals surface area contributed by atoms with Gasteiger partial charge in [0.15, 0.2) is 5.96 Å². The van der Waals surface area contributed by atoms with Gasteiger partial charge < -0.3 is 20.1 Å². The van der Waals surface area contributed by atoms with Gasteiger partial charge in [0.1, 0.15) is 5.82 Å². The van der Waals surface area contributed by atoms with E-state index in [2.05, 4.69) is 48.3 Å². The lowest BCUT2D eigenvalue weighted by Crippen LogP contribution is -2.51. The number of hydrogen-bond acceptors (Lipinski definition) is 3. The number of amides is 1. The van der Waals surface area contributed by atoms with Crippen molar-refractivity contribution in [3.05, 3.63) is 30.1 Å². The van der Waals surface area contributed by atoms with E-state index < -0.39 is 0 Å². The summed E-state index contributed by atoms with van der Waals surface area (Å²) in [5.74, 6) is 2.14. The molecule has 0 radical (unpaired) electrons. The van der Waals surface area contributed by atoms with Crippen LogP contribution in [0.2, 0.25) is 0 Å². The highest BCUT2D eigenvalue weighted by molar-refractivity contribution is 14.0. The third-order valence-corrected chi connectivity index (χ3v) is 5.83. The van der Waals surface area contributed by atoms with Crippen LogP contribution in [0.3, 0.4) is 0 Å². The van der Waals surface area contributed by atoms with E-state index in [-0.39, 0.29) is 35.3 Å². The standard InChI is InChI=1S/C20H28N6O.HI/c1-15-24-16-6-3-4-7-17(16)26(15)11-9-22-19(21-2)25-10-5-8-20(14-25)12-18(27)23-13-20;/h3-4,6-7H,5,8-14H2,1-2H3,(H,21,22)(H,23,27);1H. The molecule has 1 atom stereocenters. The molecule has 8 heteroatoms. The van der Waals surface area contributed by atoms with Crippen molar-refractivity contribution < 1.29 is 4.79 Å². The Bertz CT molecular complexity index is 879. The number of rotatable bonds is 3. The summed E-state index contributed by atoms with van der Waals surface area (Å²) in [4.78, 5) is 23.2. The van der Waals surface area contributed by atoms with Gasteiger partial charge in [0, 0.05) is 51.6 Å². The molecule has 2 aliphatic rings. The largest absolute Gasteiger partial charge is 0.355 e. The summed E-state index contributed by atoms with van der Waals surface area (Å²) in [6.07, 6.45) is 2.85. The van der Waals surface area contributed by atoms with Crippen LogP contribution in [0.15, 0.2) is 29.3 Å². The van der Waals surface area contributed by atoms with Crippen LogP contribution in [0.4, 0.5) is 0 Å². The Balaban J connectivity index is 0.00000225. The van der Waals surface area contributed by atoms with Gasteiger partial charge in [0.05, 0.1) is 11.0 Å². The number of hydrogen-bond donors (Lipinski definition) is 2. The van der Waals surface area contributed by atoms with Crippen molar-refractivity contribution in [2.45, 2.75) is 32.7 Å². The van der Waals surface area contributed by atoms with Crippen LogP contribution in [0, 0.1) is 12.3 Å². The molecule has 2 N–H and O–H groups in total. The summed E-state index contributed by atoms with van der Waals surface area (Å²) < 4.78 is 2.24. The maximum atomic E-state index is 11.7. The number of nitrogens with zero attached hydrogens (tertiary/aromatic N) is 4. The van der Waals surface area contributed by atoms with E-state index in [0.29, 0.717) is 6.42 Å². The zero-order valence-corrected chi connectivity index (χ0v) is 18.9. The summed E-state index contributed by atoms with van der Waals surface area (Å²) in [6, 6.07) is 8.24. The molecule has 1 spiro atoms. The topological polar surface area (TPSA) is 74.6 Å². The van der Waals surface area contributed by atoms with E-state index in [1.807, 2.05) is 20.0 Å². The molecule has 0 bridgehead atoms. The number of nitrogens with one attached hydrogen (secondary N) is 2. The van der Waals surface area contributed by atoms with E-state index >= 15 is 0 Å². The van der Waals surface area contributed by atoms with Gasteiger partial charge in [0.2, 0.25) is 5.91 Å². The van der Waals surface area contributed by atoms with E-state index in [1.54, 1.807) is 0 Å². The lowest BCUT2D eigenvalue weighted by molar-refractivity contribution is -0.119. The summed E-state index contributed by atoms with van der Waals surface area (Å²) in [5, 5.41) is 6.52. The van der Waals surface area contributed by atoms with Crippen LogP contribution >= 0.6 is 24.0 Å². The summed E-state index contributed by atoms with van der Waals surface area (Å²) in [6.45, 7) is 6.34. The van der Waals surface area contributed by atoms with Crippen molar-refractivity contribution in [2.75, 3.05) is 33.2 Å². The maximum absolute atomic E-state index is 11.7. The lowest BCUT2D eigenvalue weighted by atomic mass is 9.79. The highest BCUT2D eigenvalue weighted by atomic mass is 127. The molecule has 2 saturated heterocycles. The van der Waals surface area contributed by atoms with Crippen LogP contribution < -0.4 is 10.6 Å². The Labute approximate surface area is 183 Å². The molecule has 2 fully saturated rings. The van der Waals surface area contributed by atoms with Crippen LogP contribution in [-0.4, -0.2) is 59.5 Å². The minimum absolute atomic E-state index is 0. The van der Waals surface area contributed by atoms with E-state index in [1.165, 1.54) is 5.52 Å². The number of piperidine rings is 1. The fourth-order valence-electron chi connectivity index (χ4n) is 4.52. The van der Waals surface area contributed by atoms with Gasteiger partial charge in [-0.15, -0.1) is 24.0 Å². The van der Waals surface area contributed by atoms with Gasteiger partial charge in [-0.05, 0) is 31.9 Å². The number of guanidine groups is 1. The molecular formula is C20H29IN6O. The predicted molar refractivity (Wildman–Crippen MR) is 122 cm³/mol. The molecule has 1 amide bonds. The number of aliphatic imine (C=N–C) groups is 1. The molecule has 0 saturated carbocycles. The van der Waals surface area contributed by atoms with Gasteiger partial charge in [-0.2, -0.15) is 0 Å². The van der Waals surface area contributed by atoms with Crippen LogP contribution in [0.1, 0.15) is 25.1 Å². The first kappa shape index (κ1) is 20.9. The maximum Gasteiger partial charge on any atom is 0.220 e. The molecular weight excluding hydrogens is 467 g/mol. The molecule has 152 valence electrons. The first-order valence-corrected chi connectivity index (χ1v) is 9.74. The number of halogens is 1. The first-order chi connectivity index (χ1) is 13.1. The number of benzene rings is 1. The minimum atomic E-state index is 0. The van der Waals surface area contributed by atoms with Crippen molar-refractivity contribution in [3.8, 4) is 0 Å². The smallest absolute Gasteiger partial charge is 0.220 e. The van der Waals surface area contributed by atoms with Crippen molar-refractivity contribution in [3.63, 3.8) is 0 Å². The second-order valence-corrected chi connectivity index (χ2v) is 7.75. The summed E-state index contributed by atoms with van der Waals surface area (Å²) >= 11 is 0. The Hall–Kier alpha value is -1.84. The van der Waals surface area contributed by atoms with Crippen molar-refractivity contribution in [2.24, 2.45) is 10.4 Å². The molecule has 0 aliphatic carbocycles. The van der Waals surface area contributed by atoms with Crippen LogP contribution in [0.5, 0.6) is 0 Å². The molecule has 1 aromatic carbocycles. The zero-order valence-electron chi connectivity index (χ0n) is 16.6. The summed E-state index contributed by atoms with van der Waals surface area (Å²) in [5.41, 5.74) is 2.28. The minimum Gasteiger partial charge on any atom is -0.355 e. The van der Waals surface area contributed by atoms with Crippen LogP contribution in [0.25, 0.3) is 11.0 Å². The average molecular weight is 496 g/mol. The van der Waals surface area contributed by atoms with Gasteiger partial charge in [0.25, 0.3) is 0 Å². The second kappa shape index (κ2) is 8.67. The number of aryl methyl sites for hydroxylation is 1. The Morgan fingerprint density at radius 1 is 1.39 bits per heavy atom. The third kappa shape index (κ3) is 4.11. The van der Waals surface area contributed by atoms with Gasteiger partial charge >= 0.3 is 0 Å². The van der Waals surface area contributed by atoms with Crippen molar-refractivity contribution in [1.82, 2.24) is 25.1 Å². The monoisotopic (exact) mass is 496 g/mol. The number of likely N-dealkylation sites (tertiary alicyclic amines) is 1. The quantitative estimate of drug-likeness (QED) is 0.388. The SMILES string of the molecule is CN=C(NCCn1c(C)nc2ccccc21)N1CCCC2(CNC(=O)C2)C1.I. The van der Waals surface area contributed by atoms with Gasteiger partial charge in [-0.1, -0.05) is 12.1 Å². The molecule has 28 heavy (non-hydrogen) atoms. The molecule has 2 aromatic rings. The Morgan fingerprint density at radius 2 is 2.21 bits per heavy atom. The Morgan fingerprint density at radius 3 is 2.96 bits per heavy atom.